The maximum absolute atomic E-state index is 13.3. The Bertz CT molecular complexity index is 1330. The van der Waals surface area contributed by atoms with Crippen LogP contribution >= 0.6 is 0 Å². The molecule has 0 radical (unpaired) electrons. The minimum Gasteiger partial charge on any atom is -0.494 e. The highest BCUT2D eigenvalue weighted by Gasteiger charge is 2.36. The Balaban J connectivity index is 1.45. The van der Waals surface area contributed by atoms with Crippen molar-refractivity contribution in [3.63, 3.8) is 0 Å². The number of ether oxygens (including phenoxy) is 1. The normalized spacial score (nSPS) is 16.5. The molecule has 3 aromatic rings. The van der Waals surface area contributed by atoms with E-state index in [1.165, 1.54) is 19.2 Å². The number of methoxy groups -OCH3 is 1. The van der Waals surface area contributed by atoms with Gasteiger partial charge in [0.25, 0.3) is 5.91 Å². The largest absolute Gasteiger partial charge is 0.494 e. The third kappa shape index (κ3) is 4.36. The van der Waals surface area contributed by atoms with E-state index in [0.717, 1.165) is 18.9 Å². The number of benzene rings is 1. The van der Waals surface area contributed by atoms with E-state index < -0.39 is 11.9 Å². The molecule has 190 valence electrons. The second kappa shape index (κ2) is 9.08. The lowest BCUT2D eigenvalue weighted by atomic mass is 10.1. The molecule has 2 fully saturated rings. The number of pyridine rings is 1. The number of nitrogens with zero attached hydrogens (tertiary/aromatic N) is 4. The van der Waals surface area contributed by atoms with Gasteiger partial charge >= 0.3 is 6.18 Å². The highest BCUT2D eigenvalue weighted by molar-refractivity contribution is 5.98. The van der Waals surface area contributed by atoms with Gasteiger partial charge in [-0.1, -0.05) is 0 Å². The predicted molar refractivity (Wildman–Crippen MR) is 122 cm³/mol. The number of halogens is 3. The van der Waals surface area contributed by atoms with E-state index in [4.69, 9.17) is 14.9 Å². The molecule has 2 aromatic heterocycles. The van der Waals surface area contributed by atoms with Crippen molar-refractivity contribution in [3.8, 4) is 17.2 Å². The number of alkyl halides is 3. The summed E-state index contributed by atoms with van der Waals surface area (Å²) < 4.78 is 50.7. The molecule has 1 saturated heterocycles. The van der Waals surface area contributed by atoms with Crippen molar-refractivity contribution in [1.29, 1.82) is 0 Å². The van der Waals surface area contributed by atoms with Gasteiger partial charge in [0.15, 0.2) is 11.5 Å². The van der Waals surface area contributed by atoms with E-state index in [2.05, 4.69) is 9.97 Å². The van der Waals surface area contributed by atoms with Crippen LogP contribution in [0.2, 0.25) is 0 Å². The Morgan fingerprint density at radius 2 is 1.78 bits per heavy atom. The predicted octanol–water partition coefficient (Wildman–Crippen LogP) is 3.07. The highest BCUT2D eigenvalue weighted by atomic mass is 19.4. The third-order valence-corrected chi connectivity index (χ3v) is 6.45. The van der Waals surface area contributed by atoms with Crippen LogP contribution in [0.1, 0.15) is 34.8 Å². The minimum absolute atomic E-state index is 0.0124. The van der Waals surface area contributed by atoms with Crippen molar-refractivity contribution in [2.45, 2.75) is 25.6 Å². The molecule has 1 saturated carbocycles. The van der Waals surface area contributed by atoms with E-state index in [-0.39, 0.29) is 52.9 Å². The van der Waals surface area contributed by atoms with E-state index in [0.29, 0.717) is 37.1 Å². The number of fused-ring (bicyclic) bond motifs is 1. The number of carbonyl (C=O) groups is 2. The van der Waals surface area contributed by atoms with Gasteiger partial charge in [-0.25, -0.2) is 9.97 Å². The fraction of sp³-hybridized carbons (Fsp3) is 0.417. The van der Waals surface area contributed by atoms with E-state index in [1.807, 2.05) is 0 Å². The fourth-order valence-corrected chi connectivity index (χ4v) is 4.34. The van der Waals surface area contributed by atoms with Crippen molar-refractivity contribution in [3.05, 3.63) is 41.4 Å². The number of amides is 2. The molecule has 9 nitrogen and oxygen atoms in total. The van der Waals surface area contributed by atoms with Gasteiger partial charge in [-0.3, -0.25) is 9.59 Å². The lowest BCUT2D eigenvalue weighted by Gasteiger charge is -2.34. The second-order valence-corrected chi connectivity index (χ2v) is 8.79. The minimum atomic E-state index is -4.63. The van der Waals surface area contributed by atoms with Gasteiger partial charge in [0, 0.05) is 43.0 Å². The molecule has 1 aliphatic heterocycles. The summed E-state index contributed by atoms with van der Waals surface area (Å²) in [5.41, 5.74) is 5.14. The highest BCUT2D eigenvalue weighted by Crippen LogP contribution is 2.37. The standard InChI is InChI=1S/C24H24F3N5O4/c1-35-16-6-4-15(14-5-7-18(24(25,26)27)29-19(14)16)21-30-20(17(12-28)36-21)23(34)32-10-8-31(9-11-32)22(33)13-2-3-13/h4-7,13H,2-3,8-12,28H2,1H3. The smallest absolute Gasteiger partial charge is 0.433 e. The van der Waals surface area contributed by atoms with Crippen LogP contribution in [0.25, 0.3) is 22.4 Å². The van der Waals surface area contributed by atoms with Gasteiger partial charge in [0.2, 0.25) is 11.8 Å². The number of hydrogen-bond acceptors (Lipinski definition) is 7. The van der Waals surface area contributed by atoms with Crippen molar-refractivity contribution in [2.75, 3.05) is 33.3 Å². The van der Waals surface area contributed by atoms with Crippen LogP contribution in [0, 0.1) is 5.92 Å². The van der Waals surface area contributed by atoms with Crippen LogP contribution < -0.4 is 10.5 Å². The summed E-state index contributed by atoms with van der Waals surface area (Å²) in [6, 6.07) is 5.19. The van der Waals surface area contributed by atoms with Crippen LogP contribution in [0.5, 0.6) is 5.75 Å². The molecule has 1 aromatic carbocycles. The van der Waals surface area contributed by atoms with E-state index >= 15 is 0 Å². The number of nitrogens with two attached hydrogens (primary N) is 1. The maximum atomic E-state index is 13.3. The molecular weight excluding hydrogens is 479 g/mol. The van der Waals surface area contributed by atoms with Crippen molar-refractivity contribution in [1.82, 2.24) is 19.8 Å². The molecule has 5 rings (SSSR count). The zero-order chi connectivity index (χ0) is 25.6. The van der Waals surface area contributed by atoms with E-state index in [1.54, 1.807) is 15.9 Å². The average molecular weight is 503 g/mol. The van der Waals surface area contributed by atoms with Gasteiger partial charge in [-0.05, 0) is 37.1 Å². The quantitative estimate of drug-likeness (QED) is 0.569. The van der Waals surface area contributed by atoms with E-state index in [9.17, 15) is 22.8 Å². The van der Waals surface area contributed by atoms with Crippen molar-refractivity contribution < 1.29 is 31.9 Å². The first-order chi connectivity index (χ1) is 17.2. The molecule has 2 N–H and O–H groups in total. The Labute approximate surface area is 204 Å². The Morgan fingerprint density at radius 1 is 1.08 bits per heavy atom. The van der Waals surface area contributed by atoms with Crippen molar-refractivity contribution >= 4 is 22.7 Å². The topological polar surface area (TPSA) is 115 Å². The molecule has 2 amide bonds. The Kier molecular flexibility index (Phi) is 6.07. The first-order valence-corrected chi connectivity index (χ1v) is 11.5. The van der Waals surface area contributed by atoms with Crippen LogP contribution in [0.3, 0.4) is 0 Å². The SMILES string of the molecule is COc1ccc(-c2nc(C(=O)N3CCN(C(=O)C4CC4)CC3)c(CN)o2)c2ccc(C(F)(F)F)nc12. The molecule has 2 aliphatic rings. The molecule has 0 unspecified atom stereocenters. The average Bonchev–Trinajstić information content (AvgIpc) is 3.65. The van der Waals surface area contributed by atoms with Crippen molar-refractivity contribution in [2.24, 2.45) is 11.7 Å². The van der Waals surface area contributed by atoms with Crippen LogP contribution in [0.4, 0.5) is 13.2 Å². The molecule has 0 bridgehead atoms. The van der Waals surface area contributed by atoms with Crippen LogP contribution in [-0.2, 0) is 17.5 Å². The van der Waals surface area contributed by atoms with Crippen LogP contribution in [-0.4, -0.2) is 64.9 Å². The summed E-state index contributed by atoms with van der Waals surface area (Å²) in [6.07, 6.45) is -2.78. The fourth-order valence-electron chi connectivity index (χ4n) is 4.34. The summed E-state index contributed by atoms with van der Waals surface area (Å²) in [6.45, 7) is 1.51. The number of rotatable bonds is 5. The monoisotopic (exact) mass is 503 g/mol. The Hall–Kier alpha value is -3.67. The number of hydrogen-bond donors (Lipinski definition) is 1. The number of aromatic nitrogens is 2. The van der Waals surface area contributed by atoms with Gasteiger partial charge < -0.3 is 24.7 Å². The summed E-state index contributed by atoms with van der Waals surface area (Å²) >= 11 is 0. The first kappa shape index (κ1) is 24.0. The molecule has 3 heterocycles. The third-order valence-electron chi connectivity index (χ3n) is 6.45. The lowest BCUT2D eigenvalue weighted by molar-refractivity contribution is -0.141. The second-order valence-electron chi connectivity index (χ2n) is 8.79. The number of carbonyl (C=O) groups excluding carboxylic acids is 2. The Morgan fingerprint density at radius 3 is 2.39 bits per heavy atom. The molecule has 36 heavy (non-hydrogen) atoms. The van der Waals surface area contributed by atoms with Gasteiger partial charge in [0.05, 0.1) is 13.7 Å². The summed E-state index contributed by atoms with van der Waals surface area (Å²) in [5, 5.41) is 0.318. The molecule has 12 heteroatoms. The zero-order valence-corrected chi connectivity index (χ0v) is 19.5. The maximum Gasteiger partial charge on any atom is 0.433 e. The van der Waals surface area contributed by atoms with Gasteiger partial charge in [-0.2, -0.15) is 13.2 Å². The van der Waals surface area contributed by atoms with Gasteiger partial charge in [0.1, 0.15) is 17.0 Å². The molecule has 1 aliphatic carbocycles. The summed E-state index contributed by atoms with van der Waals surface area (Å²) in [4.78, 5) is 37.1. The summed E-state index contributed by atoms with van der Waals surface area (Å²) in [7, 11) is 1.34. The zero-order valence-electron chi connectivity index (χ0n) is 19.5. The van der Waals surface area contributed by atoms with Crippen LogP contribution in [0.15, 0.2) is 28.7 Å². The molecule has 0 atom stereocenters. The molecule has 0 spiro atoms. The lowest BCUT2D eigenvalue weighted by Crippen LogP contribution is -2.51. The number of piperazine rings is 1. The summed E-state index contributed by atoms with van der Waals surface area (Å²) in [5.74, 6) is 0.239. The molecular formula is C24H24F3N5O4. The van der Waals surface area contributed by atoms with Gasteiger partial charge in [-0.15, -0.1) is 0 Å². The first-order valence-electron chi connectivity index (χ1n) is 11.5. The number of oxazole rings is 1.